The molecule has 0 aliphatic rings. The number of amides is 1. The Morgan fingerprint density at radius 1 is 1.10 bits per heavy atom. The summed E-state index contributed by atoms with van der Waals surface area (Å²) < 4.78 is 2.78. The normalized spacial score (nSPS) is 11.1. The zero-order valence-corrected chi connectivity index (χ0v) is 18.2. The van der Waals surface area contributed by atoms with Gasteiger partial charge in [0.1, 0.15) is 10.3 Å². The number of aryl methyl sites for hydroxylation is 1. The number of aromatic nitrogens is 4. The van der Waals surface area contributed by atoms with Crippen LogP contribution in [0, 0.1) is 6.92 Å². The van der Waals surface area contributed by atoms with Crippen LogP contribution in [0.4, 0.5) is 5.69 Å². The Morgan fingerprint density at radius 2 is 1.90 bits per heavy atom. The fourth-order valence-corrected chi connectivity index (χ4v) is 5.54. The van der Waals surface area contributed by atoms with Crippen molar-refractivity contribution in [1.29, 1.82) is 0 Å². The highest BCUT2D eigenvalue weighted by molar-refractivity contribution is 8.01. The first-order valence-electron chi connectivity index (χ1n) is 9.07. The number of fused-ring (bicyclic) bond motifs is 1. The molecule has 9 heteroatoms. The molecule has 1 amide bonds. The van der Waals surface area contributed by atoms with E-state index in [0.717, 1.165) is 36.5 Å². The molecule has 5 rings (SSSR count). The minimum Gasteiger partial charge on any atom is -0.321 e. The van der Waals surface area contributed by atoms with Crippen LogP contribution in [-0.2, 0) is 0 Å². The number of carbonyl (C=O) groups excluding carboxylic acids is 1. The van der Waals surface area contributed by atoms with Crippen molar-refractivity contribution < 1.29 is 4.79 Å². The summed E-state index contributed by atoms with van der Waals surface area (Å²) in [5, 5.41) is 16.5. The Balaban J connectivity index is 1.36. The van der Waals surface area contributed by atoms with E-state index in [1.807, 2.05) is 72.3 Å². The molecule has 6 nitrogen and oxygen atoms in total. The van der Waals surface area contributed by atoms with Gasteiger partial charge in [0.05, 0.1) is 16.3 Å². The molecule has 148 valence electrons. The van der Waals surface area contributed by atoms with E-state index in [-0.39, 0.29) is 5.91 Å². The lowest BCUT2D eigenvalue weighted by atomic mass is 10.3. The van der Waals surface area contributed by atoms with Crippen molar-refractivity contribution in [1.82, 2.24) is 20.0 Å². The van der Waals surface area contributed by atoms with Crippen molar-refractivity contribution in [3.8, 4) is 5.69 Å². The van der Waals surface area contributed by atoms with Gasteiger partial charge in [-0.05, 0) is 49.4 Å². The molecular weight excluding hydrogens is 434 g/mol. The molecule has 0 aliphatic heterocycles. The first-order chi connectivity index (χ1) is 14.7. The molecule has 0 spiro atoms. The van der Waals surface area contributed by atoms with Crippen molar-refractivity contribution in [2.45, 2.75) is 16.2 Å². The fourth-order valence-electron chi connectivity index (χ4n) is 3.01. The Labute approximate surface area is 184 Å². The quantitative estimate of drug-likeness (QED) is 0.375. The highest BCUT2D eigenvalue weighted by Gasteiger charge is 2.17. The lowest BCUT2D eigenvalue weighted by molar-refractivity contribution is 0.103. The number of benzene rings is 2. The number of para-hydroxylation sites is 1. The van der Waals surface area contributed by atoms with E-state index >= 15 is 0 Å². The second kappa shape index (κ2) is 8.02. The standard InChI is InChI=1S/C21H15N5OS3/c1-13-17-11-18(30-20(17)26(25-13)15-5-3-2-4-6-15)19(27)23-14-7-9-16(10-8-14)29-21-24-22-12-28-21/h2-12H,1H3,(H,23,27). The molecule has 3 heterocycles. The summed E-state index contributed by atoms with van der Waals surface area (Å²) >= 11 is 4.49. The zero-order valence-electron chi connectivity index (χ0n) is 15.8. The molecule has 0 aliphatic carbocycles. The lowest BCUT2D eigenvalue weighted by Crippen LogP contribution is -2.09. The topological polar surface area (TPSA) is 72.7 Å². The predicted octanol–water partition coefficient (Wildman–Crippen LogP) is 5.65. The van der Waals surface area contributed by atoms with Crippen molar-refractivity contribution in [2.75, 3.05) is 5.32 Å². The number of hydrogen-bond donors (Lipinski definition) is 1. The van der Waals surface area contributed by atoms with Gasteiger partial charge in [-0.25, -0.2) is 4.68 Å². The largest absolute Gasteiger partial charge is 0.321 e. The number of carbonyl (C=O) groups is 1. The maximum atomic E-state index is 12.8. The fraction of sp³-hybridized carbons (Fsp3) is 0.0476. The molecule has 2 aromatic carbocycles. The number of hydrogen-bond acceptors (Lipinski definition) is 7. The van der Waals surface area contributed by atoms with E-state index < -0.39 is 0 Å². The van der Waals surface area contributed by atoms with E-state index in [1.54, 1.807) is 17.3 Å². The molecule has 0 fully saturated rings. The van der Waals surface area contributed by atoms with Crippen LogP contribution >= 0.6 is 34.4 Å². The van der Waals surface area contributed by atoms with E-state index in [0.29, 0.717) is 4.88 Å². The second-order valence-corrected chi connectivity index (χ2v) is 9.63. The van der Waals surface area contributed by atoms with Gasteiger partial charge in [0.15, 0.2) is 4.34 Å². The first kappa shape index (κ1) is 19.0. The molecule has 0 atom stereocenters. The van der Waals surface area contributed by atoms with Crippen LogP contribution in [-0.4, -0.2) is 25.9 Å². The molecule has 0 unspecified atom stereocenters. The van der Waals surface area contributed by atoms with Gasteiger partial charge in [0.2, 0.25) is 0 Å². The van der Waals surface area contributed by atoms with Crippen LogP contribution < -0.4 is 5.32 Å². The van der Waals surface area contributed by atoms with Crippen LogP contribution in [0.1, 0.15) is 15.4 Å². The summed E-state index contributed by atoms with van der Waals surface area (Å²) in [6.45, 7) is 1.96. The average molecular weight is 450 g/mol. The van der Waals surface area contributed by atoms with E-state index in [4.69, 9.17) is 0 Å². The monoisotopic (exact) mass is 449 g/mol. The number of rotatable bonds is 5. The molecule has 5 aromatic rings. The van der Waals surface area contributed by atoms with Gasteiger partial charge in [-0.1, -0.05) is 41.3 Å². The molecule has 1 N–H and O–H groups in total. The molecule has 30 heavy (non-hydrogen) atoms. The highest BCUT2D eigenvalue weighted by Crippen LogP contribution is 2.32. The third-order valence-electron chi connectivity index (χ3n) is 4.43. The predicted molar refractivity (Wildman–Crippen MR) is 122 cm³/mol. The first-order valence-corrected chi connectivity index (χ1v) is 11.6. The van der Waals surface area contributed by atoms with Crippen LogP contribution in [0.5, 0.6) is 0 Å². The maximum absolute atomic E-state index is 12.8. The lowest BCUT2D eigenvalue weighted by Gasteiger charge is -2.05. The average Bonchev–Trinajstić information content (AvgIpc) is 3.49. The number of thiophene rings is 1. The smallest absolute Gasteiger partial charge is 0.265 e. The SMILES string of the molecule is Cc1nn(-c2ccccc2)c2sc(C(=O)Nc3ccc(Sc4nncs4)cc3)cc12. The molecule has 0 radical (unpaired) electrons. The van der Waals surface area contributed by atoms with Gasteiger partial charge >= 0.3 is 0 Å². The summed E-state index contributed by atoms with van der Waals surface area (Å²) in [6.07, 6.45) is 0. The Hall–Kier alpha value is -3.01. The molecule has 0 saturated carbocycles. The summed E-state index contributed by atoms with van der Waals surface area (Å²) in [6, 6.07) is 19.6. The molecule has 0 bridgehead atoms. The van der Waals surface area contributed by atoms with Gasteiger partial charge < -0.3 is 5.32 Å². The van der Waals surface area contributed by atoms with E-state index in [2.05, 4.69) is 20.6 Å². The number of nitrogens with zero attached hydrogens (tertiary/aromatic N) is 4. The maximum Gasteiger partial charge on any atom is 0.265 e. The zero-order chi connectivity index (χ0) is 20.5. The Morgan fingerprint density at radius 3 is 2.63 bits per heavy atom. The van der Waals surface area contributed by atoms with E-state index in [1.165, 1.54) is 22.7 Å². The Bertz CT molecular complexity index is 1310. The third-order valence-corrected chi connectivity index (χ3v) is 7.32. The minimum absolute atomic E-state index is 0.125. The van der Waals surface area contributed by atoms with Crippen LogP contribution in [0.25, 0.3) is 15.9 Å². The third kappa shape index (κ3) is 3.74. The van der Waals surface area contributed by atoms with Gasteiger partial charge in [-0.15, -0.1) is 21.5 Å². The molecule has 3 aromatic heterocycles. The van der Waals surface area contributed by atoms with Crippen LogP contribution in [0.2, 0.25) is 0 Å². The summed E-state index contributed by atoms with van der Waals surface area (Å²) in [5.41, 5.74) is 4.34. The van der Waals surface area contributed by atoms with Gasteiger partial charge in [-0.3, -0.25) is 4.79 Å². The number of nitrogens with one attached hydrogen (secondary N) is 1. The highest BCUT2D eigenvalue weighted by atomic mass is 32.2. The molecule has 0 saturated heterocycles. The van der Waals surface area contributed by atoms with Crippen molar-refractivity contribution in [3.63, 3.8) is 0 Å². The van der Waals surface area contributed by atoms with Crippen molar-refractivity contribution in [3.05, 3.63) is 76.7 Å². The Kier molecular flexibility index (Phi) is 5.07. The van der Waals surface area contributed by atoms with Gasteiger partial charge in [0.25, 0.3) is 5.91 Å². The van der Waals surface area contributed by atoms with Crippen LogP contribution in [0.3, 0.4) is 0 Å². The van der Waals surface area contributed by atoms with Crippen LogP contribution in [0.15, 0.2) is 75.4 Å². The van der Waals surface area contributed by atoms with Crippen molar-refractivity contribution in [2.24, 2.45) is 0 Å². The van der Waals surface area contributed by atoms with E-state index in [9.17, 15) is 4.79 Å². The molecular formula is C21H15N5OS3. The van der Waals surface area contributed by atoms with Gasteiger partial charge in [0, 0.05) is 16.0 Å². The summed E-state index contributed by atoms with van der Waals surface area (Å²) in [4.78, 5) is 15.5. The van der Waals surface area contributed by atoms with Gasteiger partial charge in [-0.2, -0.15) is 5.10 Å². The summed E-state index contributed by atoms with van der Waals surface area (Å²) in [5.74, 6) is -0.125. The minimum atomic E-state index is -0.125. The summed E-state index contributed by atoms with van der Waals surface area (Å²) in [7, 11) is 0. The second-order valence-electron chi connectivity index (χ2n) is 6.45. The number of anilines is 1. The van der Waals surface area contributed by atoms with Crippen molar-refractivity contribution >= 4 is 56.2 Å².